The number of ether oxygens (including phenoxy) is 1. The number of nitrogens with zero attached hydrogens (tertiary/aromatic N) is 2. The lowest BCUT2D eigenvalue weighted by molar-refractivity contribution is -0.119. The van der Waals surface area contributed by atoms with Gasteiger partial charge in [-0.3, -0.25) is 9.69 Å². The van der Waals surface area contributed by atoms with Crippen molar-refractivity contribution in [3.63, 3.8) is 0 Å². The van der Waals surface area contributed by atoms with Crippen LogP contribution in [0.25, 0.3) is 0 Å². The number of nitrogens with one attached hydrogen (secondary N) is 1. The van der Waals surface area contributed by atoms with Crippen LogP contribution in [0.2, 0.25) is 0 Å². The van der Waals surface area contributed by atoms with Crippen LogP contribution in [0.5, 0.6) is 0 Å². The van der Waals surface area contributed by atoms with Crippen molar-refractivity contribution in [3.05, 3.63) is 47.9 Å². The smallest absolute Gasteiger partial charge is 0.414 e. The molecule has 3 rings (SSSR count). The number of carbonyl (C=O) groups excluding carboxylic acids is 2. The summed E-state index contributed by atoms with van der Waals surface area (Å²) < 4.78 is 31.3. The van der Waals surface area contributed by atoms with Crippen LogP contribution in [0.4, 0.5) is 20.6 Å². The average molecular weight is 379 g/mol. The number of cyclic esters (lactones) is 1. The number of halogens is 1. The first kappa shape index (κ1) is 18.3. The van der Waals surface area contributed by atoms with Gasteiger partial charge in [0, 0.05) is 13.1 Å². The highest BCUT2D eigenvalue weighted by atomic mass is 32.2. The molecule has 2 atom stereocenters. The van der Waals surface area contributed by atoms with Crippen molar-refractivity contribution in [2.24, 2.45) is 0 Å². The Labute approximate surface area is 153 Å². The fourth-order valence-corrected chi connectivity index (χ4v) is 3.27. The van der Waals surface area contributed by atoms with E-state index in [9.17, 15) is 18.5 Å². The van der Waals surface area contributed by atoms with Crippen LogP contribution in [0.3, 0.4) is 0 Å². The zero-order valence-corrected chi connectivity index (χ0v) is 14.9. The van der Waals surface area contributed by atoms with E-state index < -0.39 is 29.2 Å². The summed E-state index contributed by atoms with van der Waals surface area (Å²) in [5.74, 6) is -0.362. The molecule has 1 unspecified atom stereocenters. The summed E-state index contributed by atoms with van der Waals surface area (Å²) >= 11 is -1.11. The van der Waals surface area contributed by atoms with Crippen molar-refractivity contribution in [2.75, 3.05) is 28.6 Å². The van der Waals surface area contributed by atoms with Gasteiger partial charge in [-0.1, -0.05) is 0 Å². The fraction of sp³-hybridized carbons (Fsp3) is 0.294. The lowest BCUT2D eigenvalue weighted by atomic mass is 10.2. The monoisotopic (exact) mass is 379 g/mol. The predicted octanol–water partition coefficient (Wildman–Crippen LogP) is 1.84. The number of hydrogen-bond donors (Lipinski definition) is 1. The summed E-state index contributed by atoms with van der Waals surface area (Å²) in [7, 11) is 0. The van der Waals surface area contributed by atoms with Gasteiger partial charge in [0.05, 0.1) is 30.7 Å². The topological polar surface area (TPSA) is 84.9 Å². The number of hydrogen-bond acceptors (Lipinski definition) is 5. The van der Waals surface area contributed by atoms with Crippen LogP contribution in [0.1, 0.15) is 6.92 Å². The molecule has 1 aromatic rings. The molecule has 9 heteroatoms. The van der Waals surface area contributed by atoms with E-state index in [1.54, 1.807) is 30.6 Å². The molecule has 0 aromatic heterocycles. The Kier molecular flexibility index (Phi) is 5.48. The molecule has 7 nitrogen and oxygen atoms in total. The molecule has 2 amide bonds. The number of carbonyl (C=O) groups is 2. The molecule has 0 aliphatic carbocycles. The zero-order valence-electron chi connectivity index (χ0n) is 14.1. The molecule has 138 valence electrons. The van der Waals surface area contributed by atoms with E-state index in [-0.39, 0.29) is 24.7 Å². The van der Waals surface area contributed by atoms with E-state index in [0.29, 0.717) is 11.4 Å². The Morgan fingerprint density at radius 2 is 2.27 bits per heavy atom. The predicted molar refractivity (Wildman–Crippen MR) is 96.5 cm³/mol. The maximum absolute atomic E-state index is 14.6. The van der Waals surface area contributed by atoms with Gasteiger partial charge in [-0.2, -0.15) is 0 Å². The third-order valence-corrected chi connectivity index (χ3v) is 4.82. The molecule has 2 heterocycles. The minimum absolute atomic E-state index is 0.207. The first-order chi connectivity index (χ1) is 12.4. The fourth-order valence-electron chi connectivity index (χ4n) is 2.62. The summed E-state index contributed by atoms with van der Waals surface area (Å²) in [5, 5.41) is 4.09. The van der Waals surface area contributed by atoms with Crippen LogP contribution in [0.15, 0.2) is 42.1 Å². The Balaban J connectivity index is 1.74. The highest BCUT2D eigenvalue weighted by Gasteiger charge is 2.32. The third-order valence-electron chi connectivity index (χ3n) is 3.87. The van der Waals surface area contributed by atoms with Crippen molar-refractivity contribution in [1.29, 1.82) is 0 Å². The lowest BCUT2D eigenvalue weighted by Gasteiger charge is -2.18. The summed E-state index contributed by atoms with van der Waals surface area (Å²) in [4.78, 5) is 25.8. The quantitative estimate of drug-likeness (QED) is 0.807. The standard InChI is InChI=1S/C17H18FN3O4S/c1-12(22)19-10-14-11-21(17(23)25-14)13-3-4-16(15(18)9-13)20-5-2-7-26(24)8-6-20/h2-6,8-9,14H,7,10-11H2,1H3,(H,19,22)/t14-,26?/m0/s1. The van der Waals surface area contributed by atoms with E-state index in [2.05, 4.69) is 5.32 Å². The van der Waals surface area contributed by atoms with E-state index >= 15 is 0 Å². The summed E-state index contributed by atoms with van der Waals surface area (Å²) in [6.07, 6.45) is 3.82. The summed E-state index contributed by atoms with van der Waals surface area (Å²) in [6, 6.07) is 4.41. The van der Waals surface area contributed by atoms with Crippen LogP contribution in [-0.4, -0.2) is 41.5 Å². The van der Waals surface area contributed by atoms with Crippen LogP contribution < -0.4 is 15.1 Å². The SMILES string of the molecule is CC(=O)NC[C@H]1CN(c2ccc(N3C=CC[S+]([O-])C=C3)c(F)c2)C(=O)O1. The second-order valence-corrected chi connectivity index (χ2v) is 7.18. The van der Waals surface area contributed by atoms with Crippen molar-refractivity contribution in [3.8, 4) is 0 Å². The normalized spacial score (nSPS) is 22.3. The van der Waals surface area contributed by atoms with E-state index in [4.69, 9.17) is 4.74 Å². The molecule has 0 radical (unpaired) electrons. The van der Waals surface area contributed by atoms with E-state index in [1.807, 2.05) is 0 Å². The van der Waals surface area contributed by atoms with Gasteiger partial charge in [0.1, 0.15) is 23.1 Å². The number of rotatable bonds is 4. The van der Waals surface area contributed by atoms with Gasteiger partial charge in [0.15, 0.2) is 0 Å². The molecular weight excluding hydrogens is 361 g/mol. The largest absolute Gasteiger partial charge is 0.612 e. The lowest BCUT2D eigenvalue weighted by Crippen LogP contribution is -2.33. The molecule has 1 aromatic carbocycles. The molecule has 0 bridgehead atoms. The Bertz CT molecular complexity index is 770. The first-order valence-corrected chi connectivity index (χ1v) is 9.35. The van der Waals surface area contributed by atoms with Crippen molar-refractivity contribution in [2.45, 2.75) is 13.0 Å². The molecule has 2 aliphatic heterocycles. The third kappa shape index (κ3) is 4.17. The minimum Gasteiger partial charge on any atom is -0.612 e. The Hall–Kier alpha value is -2.52. The molecule has 1 fully saturated rings. The second-order valence-electron chi connectivity index (χ2n) is 5.81. The van der Waals surface area contributed by atoms with Gasteiger partial charge in [0.2, 0.25) is 5.91 Å². The Morgan fingerprint density at radius 3 is 3.00 bits per heavy atom. The molecule has 0 spiro atoms. The zero-order chi connectivity index (χ0) is 18.7. The van der Waals surface area contributed by atoms with Gasteiger partial charge >= 0.3 is 6.09 Å². The van der Waals surface area contributed by atoms with Crippen molar-refractivity contribution < 1.29 is 23.3 Å². The van der Waals surface area contributed by atoms with Gasteiger partial charge in [-0.25, -0.2) is 9.18 Å². The summed E-state index contributed by atoms with van der Waals surface area (Å²) in [6.45, 7) is 1.81. The van der Waals surface area contributed by atoms with Gasteiger partial charge in [-0.15, -0.1) is 0 Å². The highest BCUT2D eigenvalue weighted by Crippen LogP contribution is 2.28. The molecule has 0 saturated carbocycles. The van der Waals surface area contributed by atoms with Crippen molar-refractivity contribution in [1.82, 2.24) is 5.32 Å². The molecule has 2 aliphatic rings. The molecular formula is C17H18FN3O4S. The molecule has 1 N–H and O–H groups in total. The van der Waals surface area contributed by atoms with Crippen molar-refractivity contribution >= 4 is 34.6 Å². The van der Waals surface area contributed by atoms with Crippen LogP contribution in [-0.2, 0) is 20.7 Å². The summed E-state index contributed by atoms with van der Waals surface area (Å²) in [5.41, 5.74) is 0.649. The van der Waals surface area contributed by atoms with Crippen LogP contribution in [0, 0.1) is 5.82 Å². The van der Waals surface area contributed by atoms with Gasteiger partial charge in [-0.05, 0) is 35.5 Å². The van der Waals surface area contributed by atoms with Gasteiger partial charge in [0.25, 0.3) is 0 Å². The highest BCUT2D eigenvalue weighted by molar-refractivity contribution is 7.94. The number of amides is 2. The minimum atomic E-state index is -1.11. The maximum atomic E-state index is 14.6. The maximum Gasteiger partial charge on any atom is 0.414 e. The number of anilines is 2. The van der Waals surface area contributed by atoms with Gasteiger partial charge < -0.3 is 19.5 Å². The van der Waals surface area contributed by atoms with E-state index in [1.165, 1.54) is 28.2 Å². The molecule has 26 heavy (non-hydrogen) atoms. The van der Waals surface area contributed by atoms with Crippen LogP contribution >= 0.6 is 0 Å². The van der Waals surface area contributed by atoms with E-state index in [0.717, 1.165) is 0 Å². The first-order valence-electron chi connectivity index (χ1n) is 7.96. The molecule has 1 saturated heterocycles. The average Bonchev–Trinajstić information content (AvgIpc) is 2.83. The Morgan fingerprint density at radius 1 is 1.46 bits per heavy atom. The second kappa shape index (κ2) is 7.79. The number of benzene rings is 1.